The fourth-order valence-corrected chi connectivity index (χ4v) is 5.00. The van der Waals surface area contributed by atoms with E-state index in [-0.39, 0.29) is 16.7 Å². The van der Waals surface area contributed by atoms with Crippen LogP contribution in [-0.4, -0.2) is 10.8 Å². The molecule has 1 fully saturated rings. The molecule has 1 nitrogen and oxygen atoms in total. The quantitative estimate of drug-likeness (QED) is 0.522. The van der Waals surface area contributed by atoms with E-state index >= 15 is 0 Å². The minimum Gasteiger partial charge on any atom is -0.192 e. The van der Waals surface area contributed by atoms with E-state index < -0.39 is 0 Å². The second-order valence-electron chi connectivity index (χ2n) is 5.40. The Kier molecular flexibility index (Phi) is 2.14. The molecule has 0 aromatic heterocycles. The molecule has 0 unspecified atom stereocenters. The molecular formula is C15H11Cl2N. The van der Waals surface area contributed by atoms with Crippen LogP contribution in [0.25, 0.3) is 0 Å². The topological polar surface area (TPSA) is 23.8 Å². The summed E-state index contributed by atoms with van der Waals surface area (Å²) in [5.74, 6) is 1.49. The maximum Gasteiger partial charge on any atom is 0.0994 e. The average molecular weight is 276 g/mol. The number of benzene rings is 1. The van der Waals surface area contributed by atoms with Crippen molar-refractivity contribution in [1.29, 1.82) is 5.26 Å². The highest BCUT2D eigenvalue weighted by Crippen LogP contribution is 2.63. The molecular weight excluding hydrogens is 265 g/mol. The van der Waals surface area contributed by atoms with Crippen molar-refractivity contribution in [3.05, 3.63) is 47.0 Å². The Labute approximate surface area is 116 Å². The zero-order valence-corrected chi connectivity index (χ0v) is 11.1. The van der Waals surface area contributed by atoms with E-state index in [0.717, 1.165) is 5.56 Å². The Morgan fingerprint density at radius 3 is 2.39 bits per heavy atom. The lowest BCUT2D eigenvalue weighted by molar-refractivity contribution is 0.129. The van der Waals surface area contributed by atoms with Crippen molar-refractivity contribution < 1.29 is 0 Å². The van der Waals surface area contributed by atoms with Crippen LogP contribution in [0.5, 0.6) is 0 Å². The number of rotatable bonds is 0. The van der Waals surface area contributed by atoms with Gasteiger partial charge in [0.15, 0.2) is 0 Å². The maximum atomic E-state index is 9.28. The molecule has 0 heterocycles. The van der Waals surface area contributed by atoms with Crippen molar-refractivity contribution in [2.75, 3.05) is 0 Å². The van der Waals surface area contributed by atoms with Gasteiger partial charge in [0, 0.05) is 11.8 Å². The molecule has 0 N–H and O–H groups in total. The van der Waals surface area contributed by atoms with Gasteiger partial charge in [-0.05, 0) is 29.0 Å². The lowest BCUT2D eigenvalue weighted by Crippen LogP contribution is -2.57. The minimum atomic E-state index is 0.0361. The van der Waals surface area contributed by atoms with Crippen LogP contribution in [0.1, 0.15) is 28.5 Å². The highest BCUT2D eigenvalue weighted by molar-refractivity contribution is 6.31. The second-order valence-corrected chi connectivity index (χ2v) is 6.41. The summed E-state index contributed by atoms with van der Waals surface area (Å²) in [4.78, 5) is 0. The lowest BCUT2D eigenvalue weighted by atomic mass is 9.50. The van der Waals surface area contributed by atoms with Crippen LogP contribution in [0.15, 0.2) is 30.4 Å². The third-order valence-electron chi connectivity index (χ3n) is 4.79. The molecule has 3 heteroatoms. The highest BCUT2D eigenvalue weighted by atomic mass is 35.5. The molecule has 90 valence electrons. The van der Waals surface area contributed by atoms with Gasteiger partial charge < -0.3 is 0 Å². The summed E-state index contributed by atoms with van der Waals surface area (Å²) in [7, 11) is 0. The van der Waals surface area contributed by atoms with E-state index in [1.807, 2.05) is 12.1 Å². The molecule has 2 bridgehead atoms. The molecule has 4 aliphatic rings. The molecule has 1 aromatic carbocycles. The zero-order chi connectivity index (χ0) is 12.4. The summed E-state index contributed by atoms with van der Waals surface area (Å²) in [5, 5.41) is 9.38. The van der Waals surface area contributed by atoms with E-state index in [1.54, 1.807) is 0 Å². The summed E-state index contributed by atoms with van der Waals surface area (Å²) in [6, 6.07) is 8.33. The smallest absolute Gasteiger partial charge is 0.0994 e. The lowest BCUT2D eigenvalue weighted by Gasteiger charge is -2.58. The number of nitrogens with zero attached hydrogens (tertiary/aromatic N) is 1. The van der Waals surface area contributed by atoms with E-state index in [2.05, 4.69) is 24.3 Å². The molecule has 5 rings (SSSR count). The summed E-state index contributed by atoms with van der Waals surface area (Å²) in [6.45, 7) is 0. The number of nitriles is 1. The number of halogens is 2. The van der Waals surface area contributed by atoms with Gasteiger partial charge in [0.05, 0.1) is 22.4 Å². The van der Waals surface area contributed by atoms with Crippen molar-refractivity contribution in [2.45, 2.75) is 22.6 Å². The summed E-state index contributed by atoms with van der Waals surface area (Å²) in [6.07, 6.45) is 4.49. The van der Waals surface area contributed by atoms with Crippen molar-refractivity contribution in [3.63, 3.8) is 0 Å². The highest BCUT2D eigenvalue weighted by Gasteiger charge is 2.59. The molecule has 0 amide bonds. The van der Waals surface area contributed by atoms with Gasteiger partial charge in [0.2, 0.25) is 0 Å². The van der Waals surface area contributed by atoms with Crippen LogP contribution in [0.2, 0.25) is 0 Å². The van der Waals surface area contributed by atoms with Gasteiger partial charge in [0.1, 0.15) is 0 Å². The first kappa shape index (κ1) is 10.9. The van der Waals surface area contributed by atoms with Crippen LogP contribution in [-0.2, 0) is 0 Å². The van der Waals surface area contributed by atoms with Crippen LogP contribution >= 0.6 is 23.2 Å². The molecule has 18 heavy (non-hydrogen) atoms. The number of allylic oxidation sites excluding steroid dienone is 2. The number of alkyl halides is 2. The Morgan fingerprint density at radius 2 is 1.67 bits per heavy atom. The Morgan fingerprint density at radius 1 is 1.00 bits per heavy atom. The van der Waals surface area contributed by atoms with Crippen LogP contribution < -0.4 is 0 Å². The predicted octanol–water partition coefficient (Wildman–Crippen LogP) is 3.77. The Balaban J connectivity index is 1.94. The Hall–Kier alpha value is -0.970. The van der Waals surface area contributed by atoms with Gasteiger partial charge in [0.25, 0.3) is 0 Å². The summed E-state index contributed by atoms with van der Waals surface area (Å²) in [5.41, 5.74) is 3.28. The second kappa shape index (κ2) is 3.53. The molecule has 0 radical (unpaired) electrons. The van der Waals surface area contributed by atoms with E-state index in [0.29, 0.717) is 17.8 Å². The van der Waals surface area contributed by atoms with Crippen molar-refractivity contribution >= 4 is 23.2 Å². The van der Waals surface area contributed by atoms with Crippen LogP contribution in [0.3, 0.4) is 0 Å². The largest absolute Gasteiger partial charge is 0.192 e. The summed E-state index contributed by atoms with van der Waals surface area (Å²) >= 11 is 12.8. The third kappa shape index (κ3) is 1.09. The zero-order valence-electron chi connectivity index (χ0n) is 9.55. The van der Waals surface area contributed by atoms with Crippen molar-refractivity contribution in [3.8, 4) is 6.07 Å². The van der Waals surface area contributed by atoms with Gasteiger partial charge in [-0.15, -0.1) is 23.2 Å². The fourth-order valence-electron chi connectivity index (χ4n) is 4.02. The molecule has 0 aliphatic heterocycles. The average Bonchev–Trinajstić information content (AvgIpc) is 2.45. The first-order valence-electron chi connectivity index (χ1n) is 6.23. The van der Waals surface area contributed by atoms with E-state index in [4.69, 9.17) is 23.2 Å². The molecule has 1 aromatic rings. The standard InChI is InChI=1S/C15H11Cl2N/c16-14-12-9-4-5-10(13(12)15(14)17)11-7(6-18)2-1-3-8(9)11/h1-5,9-10,12-15H/t9-,10-,12+,13-,14+,15-/m1/s1. The van der Waals surface area contributed by atoms with E-state index in [9.17, 15) is 5.26 Å². The van der Waals surface area contributed by atoms with Gasteiger partial charge in [-0.2, -0.15) is 5.26 Å². The first-order valence-corrected chi connectivity index (χ1v) is 7.10. The van der Waals surface area contributed by atoms with Crippen LogP contribution in [0.4, 0.5) is 0 Å². The fraction of sp³-hybridized carbons (Fsp3) is 0.400. The first-order chi connectivity index (χ1) is 8.74. The van der Waals surface area contributed by atoms with Crippen molar-refractivity contribution in [1.82, 2.24) is 0 Å². The number of hydrogen-bond donors (Lipinski definition) is 0. The molecule has 0 spiro atoms. The predicted molar refractivity (Wildman–Crippen MR) is 72.0 cm³/mol. The number of hydrogen-bond acceptors (Lipinski definition) is 1. The molecule has 1 saturated carbocycles. The van der Waals surface area contributed by atoms with Gasteiger partial charge >= 0.3 is 0 Å². The Bertz CT molecular complexity index is 601. The molecule has 4 aliphatic carbocycles. The van der Waals surface area contributed by atoms with Crippen molar-refractivity contribution in [2.24, 2.45) is 11.8 Å². The van der Waals surface area contributed by atoms with Gasteiger partial charge in [-0.1, -0.05) is 24.3 Å². The van der Waals surface area contributed by atoms with Gasteiger partial charge in [-0.25, -0.2) is 0 Å². The van der Waals surface area contributed by atoms with Crippen LogP contribution in [0, 0.1) is 23.2 Å². The maximum absolute atomic E-state index is 9.28. The molecule has 6 atom stereocenters. The third-order valence-corrected chi connectivity index (χ3v) is 6.05. The minimum absolute atomic E-state index is 0.0361. The van der Waals surface area contributed by atoms with Gasteiger partial charge in [-0.3, -0.25) is 0 Å². The van der Waals surface area contributed by atoms with E-state index in [1.165, 1.54) is 11.1 Å². The monoisotopic (exact) mass is 275 g/mol. The SMILES string of the molecule is N#Cc1cccc2c1[C@H]1C=C[C@H]2[C@@H]2[C@H](Cl)[C@H](Cl)[C@@H]21. The summed E-state index contributed by atoms with van der Waals surface area (Å²) < 4.78 is 0. The normalized spacial score (nSPS) is 42.7. The molecule has 0 saturated heterocycles.